The van der Waals surface area contributed by atoms with E-state index in [9.17, 15) is 8.78 Å². The van der Waals surface area contributed by atoms with Crippen LogP contribution in [0.1, 0.15) is 119 Å². The Morgan fingerprint density at radius 2 is 0.716 bits per heavy atom. The van der Waals surface area contributed by atoms with E-state index in [1.165, 1.54) is 51.1 Å². The molecule has 5 aliphatic heterocycles. The molecule has 5 saturated heterocycles. The maximum absolute atomic E-state index is 14.7. The second kappa shape index (κ2) is 39.4. The average molecular weight is 1870 g/mol. The number of morpholine rings is 3. The summed E-state index contributed by atoms with van der Waals surface area (Å²) in [4.78, 5) is 37.2. The molecule has 6 atom stereocenters. The highest BCUT2D eigenvalue weighted by Crippen LogP contribution is 2.41. The Hall–Kier alpha value is -14.3. The first-order valence-electron chi connectivity index (χ1n) is 49.1. The molecule has 1 spiro atoms. The number of pyridine rings is 8. The Morgan fingerprint density at radius 1 is 0.340 bits per heavy atom. The number of hydrogen-bond donors (Lipinski definition) is 5. The number of ether oxygens (including phenoxy) is 4. The molecular formula is C118H113F2N17O4. The summed E-state index contributed by atoms with van der Waals surface area (Å²) in [6.45, 7) is 27.4. The molecule has 0 bridgehead atoms. The van der Waals surface area contributed by atoms with Crippen LogP contribution in [0.25, 0.3) is 156 Å². The third-order valence-corrected chi connectivity index (χ3v) is 28.2. The van der Waals surface area contributed by atoms with Crippen LogP contribution in [-0.2, 0) is 18.9 Å². The van der Waals surface area contributed by atoms with Crippen molar-refractivity contribution in [1.82, 2.24) is 84.1 Å². The highest BCUT2D eigenvalue weighted by atomic mass is 19.1. The molecule has 0 aliphatic carbocycles. The van der Waals surface area contributed by atoms with Gasteiger partial charge in [-0.25, -0.2) is 28.7 Å². The van der Waals surface area contributed by atoms with Crippen molar-refractivity contribution in [3.63, 3.8) is 0 Å². The zero-order valence-electron chi connectivity index (χ0n) is 80.8. The van der Waals surface area contributed by atoms with Gasteiger partial charge in [0, 0.05) is 118 Å². The number of hydrogen-bond acceptors (Lipinski definition) is 17. The number of nitrogens with zero attached hydrogens (tertiary/aromatic N) is 12. The Balaban J connectivity index is 0.000000108. The van der Waals surface area contributed by atoms with Crippen LogP contribution in [0.4, 0.5) is 8.78 Å². The van der Waals surface area contributed by atoms with Gasteiger partial charge in [0.25, 0.3) is 0 Å². The van der Waals surface area contributed by atoms with Gasteiger partial charge in [-0.1, -0.05) is 127 Å². The molecule has 25 rings (SSSR count). The third kappa shape index (κ3) is 19.2. The molecule has 141 heavy (non-hydrogen) atoms. The number of halogens is 2. The number of imidazole rings is 4. The van der Waals surface area contributed by atoms with Crippen LogP contribution in [-0.4, -0.2) is 148 Å². The molecule has 708 valence electrons. The maximum atomic E-state index is 14.7. The van der Waals surface area contributed by atoms with Crippen LogP contribution < -0.4 is 26.6 Å². The first-order valence-corrected chi connectivity index (χ1v) is 49.1. The van der Waals surface area contributed by atoms with Gasteiger partial charge in [0.05, 0.1) is 127 Å². The number of aryl methyl sites for hydroxylation is 7. The van der Waals surface area contributed by atoms with Crippen LogP contribution in [0.5, 0.6) is 0 Å². The average Bonchev–Trinajstić information content (AvgIpc) is 1.68. The molecule has 6 unspecified atom stereocenters. The van der Waals surface area contributed by atoms with Gasteiger partial charge in [-0.05, 0) is 294 Å². The van der Waals surface area contributed by atoms with Gasteiger partial charge in [-0.3, -0.25) is 37.5 Å². The van der Waals surface area contributed by atoms with E-state index in [1.54, 1.807) is 0 Å². The van der Waals surface area contributed by atoms with Gasteiger partial charge in [-0.15, -0.1) is 0 Å². The molecule has 21 nitrogen and oxygen atoms in total. The van der Waals surface area contributed by atoms with Crippen LogP contribution >= 0.6 is 0 Å². The molecule has 8 aromatic carbocycles. The summed E-state index contributed by atoms with van der Waals surface area (Å²) >= 11 is 0. The van der Waals surface area contributed by atoms with Crippen molar-refractivity contribution in [1.29, 1.82) is 0 Å². The predicted molar refractivity (Wildman–Crippen MR) is 559 cm³/mol. The number of benzene rings is 8. The van der Waals surface area contributed by atoms with E-state index >= 15 is 0 Å². The van der Waals surface area contributed by atoms with Gasteiger partial charge in [0.2, 0.25) is 0 Å². The van der Waals surface area contributed by atoms with Crippen molar-refractivity contribution in [2.75, 3.05) is 72.3 Å². The molecule has 5 fully saturated rings. The summed E-state index contributed by atoms with van der Waals surface area (Å²) < 4.78 is 61.6. The van der Waals surface area contributed by atoms with Gasteiger partial charge >= 0.3 is 0 Å². The Labute approximate surface area is 817 Å². The monoisotopic (exact) mass is 1870 g/mol. The van der Waals surface area contributed by atoms with Gasteiger partial charge < -0.3 is 45.5 Å². The van der Waals surface area contributed by atoms with Crippen molar-refractivity contribution in [2.24, 2.45) is 0 Å². The van der Waals surface area contributed by atoms with Crippen LogP contribution in [0.3, 0.4) is 0 Å². The van der Waals surface area contributed by atoms with Crippen molar-refractivity contribution in [2.45, 2.75) is 124 Å². The second-order valence-corrected chi connectivity index (χ2v) is 38.5. The van der Waals surface area contributed by atoms with E-state index in [0.29, 0.717) is 37.5 Å². The topological polar surface area (TPSA) is 218 Å². The van der Waals surface area contributed by atoms with E-state index in [4.69, 9.17) is 38.9 Å². The maximum Gasteiger partial charge on any atom is 0.149 e. The fourth-order valence-electron chi connectivity index (χ4n) is 20.6. The zero-order chi connectivity index (χ0) is 96.1. The molecular weight excluding hydrogens is 1760 g/mol. The normalized spacial score (nSPS) is 18.3. The van der Waals surface area contributed by atoms with E-state index in [1.807, 2.05) is 109 Å². The Kier molecular flexibility index (Phi) is 25.6. The number of para-hydroxylation sites is 1. The Morgan fingerprint density at radius 3 is 1.12 bits per heavy atom. The lowest BCUT2D eigenvalue weighted by Crippen LogP contribution is -2.55. The van der Waals surface area contributed by atoms with Crippen molar-refractivity contribution in [3.05, 3.63) is 360 Å². The summed E-state index contributed by atoms with van der Waals surface area (Å²) in [7, 11) is 0. The number of fused-ring (bicyclic) bond motifs is 8. The highest BCUT2D eigenvalue weighted by molar-refractivity contribution is 5.99. The fourth-order valence-corrected chi connectivity index (χ4v) is 20.6. The second-order valence-electron chi connectivity index (χ2n) is 38.5. The van der Waals surface area contributed by atoms with E-state index in [-0.39, 0.29) is 53.6 Å². The van der Waals surface area contributed by atoms with Gasteiger partial charge in [0.15, 0.2) is 0 Å². The summed E-state index contributed by atoms with van der Waals surface area (Å²) in [5, 5.41) is 21.7. The summed E-state index contributed by atoms with van der Waals surface area (Å²) in [6, 6.07) is 83.0. The fraction of sp³-hybridized carbons (Fsp3) is 0.254. The predicted octanol–water partition coefficient (Wildman–Crippen LogP) is 23.2. The number of piperidine rings is 1. The molecule has 0 amide bonds. The Bertz CT molecular complexity index is 8040. The lowest BCUT2D eigenvalue weighted by Gasteiger charge is -2.43. The molecule has 12 aromatic heterocycles. The molecule has 5 N–H and O–H groups in total. The van der Waals surface area contributed by atoms with Crippen molar-refractivity contribution in [3.8, 4) is 89.5 Å². The standard InChI is InChI=1S/C32H32FN5O.C29H27FN4O.C29H28N4O.C28H26N4O/c1-20-13-26-25(15-21(2)37-31(26)27(33)14-20)29-17-35-30-16-24(7-12-38(29)30)22-3-5-23(6-4-22)28-18-39-32(19-36-28)8-10-34-11-9-32;1-18-12-24-23(14-19(2)33-29(24)25(30)13-18)27-16-32-28-15-22(8-10-34(27)28)20-4-6-21(7-5-20)26-17-35-11-3-9-31-26;1-18-4-9-26-24(12-18)25(13-19(2)32-26)28-16-31-29-14-23(10-11-33(28)29)21-5-7-22(8-6-21)27-17-34-20(3)15-30-27;1-18-13-24(23-5-3-4-6-25(23)31-18)27-16-30-28-14-22(11-12-32(27)28)20-7-9-21(10-8-20)26-17-33-19(2)15-29-26/h3-7,12-17,28,34,36H,8-11,18-19H2,1-2H3;4-8,10,12-16,26,31H,3,9,11,17H2,1-2H3;4-14,16,20,27,30H,15,17H2,1-3H3;3-14,16,19,26,29H,15,17H2,1-2H3. The highest BCUT2D eigenvalue weighted by Gasteiger charge is 2.38. The lowest BCUT2D eigenvalue weighted by molar-refractivity contribution is -0.0997. The molecule has 5 aliphatic rings. The molecule has 23 heteroatoms. The lowest BCUT2D eigenvalue weighted by atomic mass is 9.89. The van der Waals surface area contributed by atoms with Crippen LogP contribution in [0.2, 0.25) is 0 Å². The van der Waals surface area contributed by atoms with E-state index in [0.717, 1.165) is 233 Å². The molecule has 0 radical (unpaired) electrons. The SMILES string of the molecule is Cc1cc(-c2cnc3cc(-c4ccc(C5COC(C)CN5)cc4)ccn23)c2ccccc2n1.Cc1cc(F)c2nc(C)cc(-c3cnc4cc(-c5ccc(C6COC7(CCNCC7)CN6)cc5)ccn34)c2c1.Cc1cc(F)c2nc(C)cc(-c3cnc4cc(-c5ccc(C6COCCCN6)cc5)ccn34)c2c1.Cc1ccc2nc(C)cc(-c3cnc4cc(-c5ccc(C6COC(C)CN6)cc5)ccn34)c2c1. The third-order valence-electron chi connectivity index (χ3n) is 28.2. The first-order chi connectivity index (χ1) is 68.7. The minimum atomic E-state index is -0.296. The van der Waals surface area contributed by atoms with Crippen LogP contribution in [0.15, 0.2) is 286 Å². The largest absolute Gasteiger partial charge is 0.379 e. The van der Waals surface area contributed by atoms with Crippen molar-refractivity contribution < 1.29 is 27.7 Å². The summed E-state index contributed by atoms with van der Waals surface area (Å²) in [6.07, 6.45) is 19.7. The quantitative estimate of drug-likeness (QED) is 0.0768. The molecule has 20 aromatic rings. The smallest absolute Gasteiger partial charge is 0.149 e. The molecule has 0 saturated carbocycles. The van der Waals surface area contributed by atoms with E-state index in [2.05, 4.69) is 291 Å². The van der Waals surface area contributed by atoms with Crippen LogP contribution in [0, 0.1) is 60.1 Å². The molecule has 17 heterocycles. The number of aromatic nitrogens is 12. The van der Waals surface area contributed by atoms with Gasteiger partial charge in [-0.2, -0.15) is 0 Å². The van der Waals surface area contributed by atoms with Crippen molar-refractivity contribution >= 4 is 66.2 Å². The summed E-state index contributed by atoms with van der Waals surface area (Å²) in [5.74, 6) is -0.592. The zero-order valence-corrected chi connectivity index (χ0v) is 80.8. The first kappa shape index (κ1) is 91.7. The minimum absolute atomic E-state index is 0.00555. The summed E-state index contributed by atoms with van der Waals surface area (Å²) in [5.41, 5.74) is 35.2. The minimum Gasteiger partial charge on any atom is -0.379 e. The van der Waals surface area contributed by atoms with Gasteiger partial charge in [0.1, 0.15) is 45.3 Å². The van der Waals surface area contributed by atoms with E-state index < -0.39 is 0 Å². The number of nitrogens with one attached hydrogen (secondary N) is 5. The number of rotatable bonds is 12.